The maximum absolute atomic E-state index is 12.2. The van der Waals surface area contributed by atoms with Crippen molar-refractivity contribution < 1.29 is 13.2 Å². The van der Waals surface area contributed by atoms with Crippen molar-refractivity contribution in [3.63, 3.8) is 0 Å². The van der Waals surface area contributed by atoms with Crippen molar-refractivity contribution >= 4 is 15.7 Å². The molecule has 2 rings (SSSR count). The van der Waals surface area contributed by atoms with E-state index < -0.39 is 10.0 Å². The Bertz CT molecular complexity index is 680. The molecule has 1 aromatic heterocycles. The van der Waals surface area contributed by atoms with Gasteiger partial charge in [0.25, 0.3) is 10.0 Å². The maximum Gasteiger partial charge on any atom is 0.263 e. The van der Waals surface area contributed by atoms with E-state index in [-0.39, 0.29) is 4.90 Å². The summed E-state index contributed by atoms with van der Waals surface area (Å²) in [5.41, 5.74) is 1.26. The number of hydrogen-bond acceptors (Lipinski definition) is 4. The molecule has 2 aromatic rings. The van der Waals surface area contributed by atoms with Crippen LogP contribution in [0.4, 0.5) is 5.69 Å². The summed E-state index contributed by atoms with van der Waals surface area (Å²) < 4.78 is 32.0. The molecule has 6 nitrogen and oxygen atoms in total. The number of rotatable bonds is 6. The van der Waals surface area contributed by atoms with Crippen molar-refractivity contribution in [2.24, 2.45) is 0 Å². The van der Waals surface area contributed by atoms with Crippen molar-refractivity contribution in [1.29, 1.82) is 0 Å². The van der Waals surface area contributed by atoms with E-state index in [1.54, 1.807) is 37.4 Å². The molecule has 0 atom stereocenters. The lowest BCUT2D eigenvalue weighted by Crippen LogP contribution is -2.12. The molecule has 1 aromatic carbocycles. The molecule has 0 fully saturated rings. The standard InChI is InChI=1S/C13H17N3O3S/c1-14-8-11-7-13(9-15-11)20(17,18)16-10-4-3-5-12(6-10)19-2/h3-7,9,14-16H,8H2,1-2H3. The van der Waals surface area contributed by atoms with E-state index in [4.69, 9.17) is 4.74 Å². The van der Waals surface area contributed by atoms with Gasteiger partial charge in [-0.15, -0.1) is 0 Å². The van der Waals surface area contributed by atoms with Crippen LogP contribution in [0.15, 0.2) is 41.4 Å². The highest BCUT2D eigenvalue weighted by molar-refractivity contribution is 7.92. The van der Waals surface area contributed by atoms with E-state index in [1.807, 2.05) is 0 Å². The zero-order valence-corrected chi connectivity index (χ0v) is 12.1. The number of aromatic nitrogens is 1. The number of ether oxygens (including phenoxy) is 1. The van der Waals surface area contributed by atoms with Gasteiger partial charge in [0.05, 0.1) is 12.8 Å². The molecule has 0 aliphatic rings. The second kappa shape index (κ2) is 5.98. The number of H-pyrrole nitrogens is 1. The van der Waals surface area contributed by atoms with Crippen LogP contribution in [0, 0.1) is 0 Å². The lowest BCUT2D eigenvalue weighted by molar-refractivity contribution is 0.415. The minimum Gasteiger partial charge on any atom is -0.497 e. The van der Waals surface area contributed by atoms with E-state index in [9.17, 15) is 8.42 Å². The summed E-state index contributed by atoms with van der Waals surface area (Å²) >= 11 is 0. The summed E-state index contributed by atoms with van der Waals surface area (Å²) in [4.78, 5) is 3.11. The van der Waals surface area contributed by atoms with Crippen LogP contribution in [0.25, 0.3) is 0 Å². The Morgan fingerprint density at radius 2 is 2.10 bits per heavy atom. The number of sulfonamides is 1. The van der Waals surface area contributed by atoms with Gasteiger partial charge in [-0.1, -0.05) is 6.07 Å². The number of aromatic amines is 1. The summed E-state index contributed by atoms with van der Waals surface area (Å²) in [6.45, 7) is 0.578. The Hall–Kier alpha value is -1.99. The quantitative estimate of drug-likeness (QED) is 0.755. The summed E-state index contributed by atoms with van der Waals surface area (Å²) in [6.07, 6.45) is 1.47. The molecular weight excluding hydrogens is 278 g/mol. The normalized spacial score (nSPS) is 11.3. The van der Waals surface area contributed by atoms with E-state index >= 15 is 0 Å². The van der Waals surface area contributed by atoms with E-state index in [1.165, 1.54) is 13.3 Å². The minimum atomic E-state index is -3.60. The number of methoxy groups -OCH3 is 1. The maximum atomic E-state index is 12.2. The first kappa shape index (κ1) is 14.4. The van der Waals surface area contributed by atoms with Gasteiger partial charge < -0.3 is 15.0 Å². The van der Waals surface area contributed by atoms with Gasteiger partial charge in [-0.2, -0.15) is 0 Å². The predicted molar refractivity (Wildman–Crippen MR) is 77.4 cm³/mol. The average Bonchev–Trinajstić information content (AvgIpc) is 2.88. The van der Waals surface area contributed by atoms with Gasteiger partial charge in [-0.3, -0.25) is 4.72 Å². The zero-order chi connectivity index (χ0) is 14.6. The van der Waals surface area contributed by atoms with Crippen molar-refractivity contribution in [2.75, 3.05) is 18.9 Å². The third-order valence-electron chi connectivity index (χ3n) is 2.72. The average molecular weight is 295 g/mol. The Morgan fingerprint density at radius 1 is 1.30 bits per heavy atom. The van der Waals surface area contributed by atoms with Crippen LogP contribution in [0.1, 0.15) is 5.69 Å². The molecule has 0 aliphatic heterocycles. The van der Waals surface area contributed by atoms with Crippen molar-refractivity contribution in [3.8, 4) is 5.75 Å². The van der Waals surface area contributed by atoms with Crippen LogP contribution in [0.2, 0.25) is 0 Å². The first-order chi connectivity index (χ1) is 9.55. The SMILES string of the molecule is CNCc1cc(S(=O)(=O)Nc2cccc(OC)c2)c[nH]1. The van der Waals surface area contributed by atoms with Crippen LogP contribution in [0.5, 0.6) is 5.75 Å². The molecule has 0 saturated carbocycles. The van der Waals surface area contributed by atoms with Gasteiger partial charge in [0.15, 0.2) is 0 Å². The van der Waals surface area contributed by atoms with Crippen LogP contribution in [-0.4, -0.2) is 27.6 Å². The van der Waals surface area contributed by atoms with Gasteiger partial charge in [0.2, 0.25) is 0 Å². The molecule has 0 bridgehead atoms. The smallest absolute Gasteiger partial charge is 0.263 e. The van der Waals surface area contributed by atoms with Crippen LogP contribution in [0.3, 0.4) is 0 Å². The minimum absolute atomic E-state index is 0.200. The number of anilines is 1. The largest absolute Gasteiger partial charge is 0.497 e. The van der Waals surface area contributed by atoms with Gasteiger partial charge in [-0.05, 0) is 25.2 Å². The second-order valence-corrected chi connectivity index (χ2v) is 5.91. The van der Waals surface area contributed by atoms with Crippen molar-refractivity contribution in [2.45, 2.75) is 11.4 Å². The number of nitrogens with one attached hydrogen (secondary N) is 3. The fourth-order valence-corrected chi connectivity index (χ4v) is 2.83. The van der Waals surface area contributed by atoms with E-state index in [0.717, 1.165) is 5.69 Å². The van der Waals surface area contributed by atoms with Crippen molar-refractivity contribution in [3.05, 3.63) is 42.2 Å². The molecule has 7 heteroatoms. The first-order valence-electron chi connectivity index (χ1n) is 6.04. The Balaban J connectivity index is 2.21. The van der Waals surface area contributed by atoms with Gasteiger partial charge >= 0.3 is 0 Å². The van der Waals surface area contributed by atoms with Gasteiger partial charge in [-0.25, -0.2) is 8.42 Å². The molecule has 1 heterocycles. The first-order valence-corrected chi connectivity index (χ1v) is 7.52. The zero-order valence-electron chi connectivity index (χ0n) is 11.3. The van der Waals surface area contributed by atoms with Crippen LogP contribution in [-0.2, 0) is 16.6 Å². The summed E-state index contributed by atoms with van der Waals surface area (Å²) in [5, 5.41) is 2.95. The Labute approximate surface area is 118 Å². The molecule has 0 aliphatic carbocycles. The molecular formula is C13H17N3O3S. The highest BCUT2D eigenvalue weighted by Gasteiger charge is 2.16. The van der Waals surface area contributed by atoms with Crippen molar-refractivity contribution in [1.82, 2.24) is 10.3 Å². The summed E-state index contributed by atoms with van der Waals surface area (Å²) in [5.74, 6) is 0.593. The molecule has 0 saturated heterocycles. The number of benzene rings is 1. The highest BCUT2D eigenvalue weighted by Crippen LogP contribution is 2.20. The van der Waals surface area contributed by atoms with E-state index in [0.29, 0.717) is 18.0 Å². The van der Waals surface area contributed by atoms with Gasteiger partial charge in [0.1, 0.15) is 10.6 Å². The summed E-state index contributed by atoms with van der Waals surface area (Å²) in [7, 11) is -0.274. The van der Waals surface area contributed by atoms with E-state index in [2.05, 4.69) is 15.0 Å². The molecule has 108 valence electrons. The molecule has 0 unspecified atom stereocenters. The highest BCUT2D eigenvalue weighted by atomic mass is 32.2. The third kappa shape index (κ3) is 3.31. The molecule has 0 amide bonds. The lowest BCUT2D eigenvalue weighted by atomic mass is 10.3. The molecule has 3 N–H and O–H groups in total. The molecule has 0 radical (unpaired) electrons. The second-order valence-electron chi connectivity index (χ2n) is 4.23. The molecule has 0 spiro atoms. The topological polar surface area (TPSA) is 83.2 Å². The molecule has 20 heavy (non-hydrogen) atoms. The Morgan fingerprint density at radius 3 is 2.80 bits per heavy atom. The van der Waals surface area contributed by atoms with Crippen LogP contribution < -0.4 is 14.8 Å². The number of hydrogen-bond donors (Lipinski definition) is 3. The fraction of sp³-hybridized carbons (Fsp3) is 0.231. The predicted octanol–water partition coefficient (Wildman–Crippen LogP) is 1.54. The Kier molecular flexibility index (Phi) is 4.31. The lowest BCUT2D eigenvalue weighted by Gasteiger charge is -2.07. The van der Waals surface area contributed by atoms with Crippen LogP contribution >= 0.6 is 0 Å². The summed E-state index contributed by atoms with van der Waals surface area (Å²) in [6, 6.07) is 8.36. The third-order valence-corrected chi connectivity index (χ3v) is 4.08. The van der Waals surface area contributed by atoms with Gasteiger partial charge in [0, 0.05) is 24.5 Å². The fourth-order valence-electron chi connectivity index (χ4n) is 1.77. The monoisotopic (exact) mass is 295 g/mol.